The van der Waals surface area contributed by atoms with Gasteiger partial charge in [0.2, 0.25) is 5.91 Å². The predicted octanol–water partition coefficient (Wildman–Crippen LogP) is 2.92. The molecule has 0 saturated carbocycles. The van der Waals surface area contributed by atoms with Gasteiger partial charge < -0.3 is 9.47 Å². The Morgan fingerprint density at radius 1 is 1.14 bits per heavy atom. The molecule has 2 heterocycles. The lowest BCUT2D eigenvalue weighted by molar-refractivity contribution is -0.131. The van der Waals surface area contributed by atoms with Crippen LogP contribution in [0.2, 0.25) is 0 Å². The molecule has 0 atom stereocenters. The van der Waals surface area contributed by atoms with Crippen molar-refractivity contribution in [3.63, 3.8) is 0 Å². The molecule has 0 unspecified atom stereocenters. The van der Waals surface area contributed by atoms with Crippen LogP contribution >= 0.6 is 0 Å². The van der Waals surface area contributed by atoms with Crippen LogP contribution in [-0.4, -0.2) is 28.5 Å². The largest absolute Gasteiger partial charge is 0.341 e. The van der Waals surface area contributed by atoms with Crippen molar-refractivity contribution >= 4 is 16.8 Å². The Balaban J connectivity index is 1.80. The van der Waals surface area contributed by atoms with Crippen molar-refractivity contribution in [3.8, 4) is 6.07 Å². The molecule has 4 nitrogen and oxygen atoms in total. The van der Waals surface area contributed by atoms with Crippen molar-refractivity contribution < 1.29 is 4.79 Å². The fraction of sp³-hybridized carbons (Fsp3) is 0.412. The van der Waals surface area contributed by atoms with Gasteiger partial charge in [-0.2, -0.15) is 5.26 Å². The molecular formula is C17H19N3O. The highest BCUT2D eigenvalue weighted by atomic mass is 16.2. The van der Waals surface area contributed by atoms with Crippen molar-refractivity contribution in [1.29, 1.82) is 5.26 Å². The van der Waals surface area contributed by atoms with E-state index in [1.54, 1.807) is 0 Å². The first kappa shape index (κ1) is 13.7. The fourth-order valence-electron chi connectivity index (χ4n) is 2.96. The first-order valence-electron chi connectivity index (χ1n) is 7.55. The van der Waals surface area contributed by atoms with Crippen LogP contribution in [0.5, 0.6) is 0 Å². The van der Waals surface area contributed by atoms with Crippen LogP contribution in [0.1, 0.15) is 31.2 Å². The number of aromatic nitrogens is 1. The third-order valence-electron chi connectivity index (χ3n) is 4.17. The van der Waals surface area contributed by atoms with Crippen molar-refractivity contribution in [2.75, 3.05) is 13.1 Å². The molecule has 0 radical (unpaired) electrons. The molecule has 1 aliphatic heterocycles. The van der Waals surface area contributed by atoms with Crippen LogP contribution in [0.4, 0.5) is 0 Å². The van der Waals surface area contributed by atoms with Gasteiger partial charge in [-0.15, -0.1) is 0 Å². The fourth-order valence-corrected chi connectivity index (χ4v) is 2.96. The highest BCUT2D eigenvalue weighted by molar-refractivity contribution is 5.84. The van der Waals surface area contributed by atoms with E-state index in [-0.39, 0.29) is 5.91 Å². The van der Waals surface area contributed by atoms with Crippen molar-refractivity contribution in [2.24, 2.45) is 0 Å². The van der Waals surface area contributed by atoms with E-state index < -0.39 is 0 Å². The Morgan fingerprint density at radius 3 is 2.62 bits per heavy atom. The number of hydrogen-bond donors (Lipinski definition) is 0. The lowest BCUT2D eigenvalue weighted by Crippen LogP contribution is -2.34. The molecule has 0 spiro atoms. The van der Waals surface area contributed by atoms with E-state index >= 15 is 0 Å². The van der Waals surface area contributed by atoms with Crippen molar-refractivity contribution in [2.45, 2.75) is 32.2 Å². The number of carbonyl (C=O) groups excluding carboxylic acids is 1. The minimum Gasteiger partial charge on any atom is -0.341 e. The smallest absolute Gasteiger partial charge is 0.242 e. The summed E-state index contributed by atoms with van der Waals surface area (Å²) in [6.45, 7) is 2.11. The Hall–Kier alpha value is -2.28. The monoisotopic (exact) mass is 281 g/mol. The van der Waals surface area contributed by atoms with Gasteiger partial charge in [0.1, 0.15) is 6.54 Å². The Bertz CT molecular complexity index is 688. The first-order valence-corrected chi connectivity index (χ1v) is 7.55. The topological polar surface area (TPSA) is 49.0 Å². The van der Waals surface area contributed by atoms with E-state index in [1.165, 1.54) is 12.8 Å². The van der Waals surface area contributed by atoms with Gasteiger partial charge >= 0.3 is 0 Å². The summed E-state index contributed by atoms with van der Waals surface area (Å²) >= 11 is 0. The molecule has 1 saturated heterocycles. The van der Waals surface area contributed by atoms with Crippen LogP contribution in [0, 0.1) is 11.3 Å². The quantitative estimate of drug-likeness (QED) is 0.849. The molecule has 21 heavy (non-hydrogen) atoms. The molecule has 0 bridgehead atoms. The third kappa shape index (κ3) is 2.92. The zero-order valence-corrected chi connectivity index (χ0v) is 12.1. The molecule has 4 heteroatoms. The summed E-state index contributed by atoms with van der Waals surface area (Å²) in [5.74, 6) is 0.178. The van der Waals surface area contributed by atoms with E-state index in [0.717, 1.165) is 36.8 Å². The molecule has 1 aromatic carbocycles. The van der Waals surface area contributed by atoms with Crippen LogP contribution in [0.3, 0.4) is 0 Å². The van der Waals surface area contributed by atoms with E-state index in [4.69, 9.17) is 5.26 Å². The van der Waals surface area contributed by atoms with Crippen molar-refractivity contribution in [1.82, 2.24) is 9.47 Å². The SMILES string of the molecule is N#Cc1ccc2ccn(CC(=O)N3CCCCCC3)c2c1. The second-order valence-corrected chi connectivity index (χ2v) is 5.62. The van der Waals surface area contributed by atoms with E-state index in [0.29, 0.717) is 12.1 Å². The summed E-state index contributed by atoms with van der Waals surface area (Å²) in [6.07, 6.45) is 6.60. The highest BCUT2D eigenvalue weighted by Crippen LogP contribution is 2.18. The normalized spacial score (nSPS) is 15.7. The van der Waals surface area contributed by atoms with Gasteiger partial charge in [0, 0.05) is 24.8 Å². The van der Waals surface area contributed by atoms with Gasteiger partial charge in [-0.1, -0.05) is 18.9 Å². The van der Waals surface area contributed by atoms with Crippen LogP contribution in [0.25, 0.3) is 10.9 Å². The van der Waals surface area contributed by atoms with Gasteiger partial charge in [-0.3, -0.25) is 4.79 Å². The average molecular weight is 281 g/mol. The molecule has 1 amide bonds. The number of amides is 1. The minimum absolute atomic E-state index is 0.178. The number of rotatable bonds is 2. The molecule has 1 aromatic heterocycles. The molecule has 1 fully saturated rings. The van der Waals surface area contributed by atoms with Crippen LogP contribution in [-0.2, 0) is 11.3 Å². The lowest BCUT2D eigenvalue weighted by atomic mass is 10.2. The molecule has 3 rings (SSSR count). The maximum Gasteiger partial charge on any atom is 0.242 e. The van der Waals surface area contributed by atoms with Gasteiger partial charge in [0.25, 0.3) is 0 Å². The summed E-state index contributed by atoms with van der Waals surface area (Å²) in [6, 6.07) is 9.74. The maximum atomic E-state index is 12.5. The molecule has 0 N–H and O–H groups in total. The van der Waals surface area contributed by atoms with E-state index in [1.807, 2.05) is 39.9 Å². The van der Waals surface area contributed by atoms with E-state index in [9.17, 15) is 4.79 Å². The minimum atomic E-state index is 0.178. The number of benzene rings is 1. The summed E-state index contributed by atoms with van der Waals surface area (Å²) in [5.41, 5.74) is 1.59. The maximum absolute atomic E-state index is 12.5. The second-order valence-electron chi connectivity index (χ2n) is 5.62. The van der Waals surface area contributed by atoms with Crippen LogP contribution < -0.4 is 0 Å². The molecule has 1 aliphatic rings. The zero-order valence-electron chi connectivity index (χ0n) is 12.1. The van der Waals surface area contributed by atoms with Crippen molar-refractivity contribution in [3.05, 3.63) is 36.0 Å². The predicted molar refractivity (Wildman–Crippen MR) is 81.7 cm³/mol. The molecular weight excluding hydrogens is 262 g/mol. The number of nitrogens with zero attached hydrogens (tertiary/aromatic N) is 3. The number of likely N-dealkylation sites (tertiary alicyclic amines) is 1. The molecule has 0 aliphatic carbocycles. The first-order chi connectivity index (χ1) is 10.3. The Labute approximate surface area is 124 Å². The number of hydrogen-bond acceptors (Lipinski definition) is 2. The summed E-state index contributed by atoms with van der Waals surface area (Å²) < 4.78 is 1.95. The lowest BCUT2D eigenvalue weighted by Gasteiger charge is -2.20. The standard InChI is InChI=1S/C17H19N3O/c18-12-14-5-6-15-7-10-20(16(15)11-14)13-17(21)19-8-3-1-2-4-9-19/h5-7,10-11H,1-4,8-9,13H2. The van der Waals surface area contributed by atoms with Gasteiger partial charge in [0.05, 0.1) is 11.6 Å². The molecule has 108 valence electrons. The van der Waals surface area contributed by atoms with Gasteiger partial charge in [-0.25, -0.2) is 0 Å². The van der Waals surface area contributed by atoms with Gasteiger partial charge in [-0.05, 0) is 36.4 Å². The molecule has 2 aromatic rings. The second kappa shape index (κ2) is 6.01. The zero-order chi connectivity index (χ0) is 14.7. The Morgan fingerprint density at radius 2 is 1.90 bits per heavy atom. The highest BCUT2D eigenvalue weighted by Gasteiger charge is 2.16. The summed E-state index contributed by atoms with van der Waals surface area (Å²) in [5, 5.41) is 10.1. The van der Waals surface area contributed by atoms with Crippen LogP contribution in [0.15, 0.2) is 30.5 Å². The summed E-state index contributed by atoms with van der Waals surface area (Å²) in [4.78, 5) is 14.4. The number of fused-ring (bicyclic) bond motifs is 1. The van der Waals surface area contributed by atoms with Gasteiger partial charge in [0.15, 0.2) is 0 Å². The third-order valence-corrected chi connectivity index (χ3v) is 4.17. The average Bonchev–Trinajstić information content (AvgIpc) is 2.74. The number of nitriles is 1. The van der Waals surface area contributed by atoms with E-state index in [2.05, 4.69) is 6.07 Å². The summed E-state index contributed by atoms with van der Waals surface area (Å²) in [7, 11) is 0. The number of carbonyl (C=O) groups is 1. The Kier molecular flexibility index (Phi) is 3.92.